The fraction of sp³-hybridized carbons (Fsp3) is 0.0500. The summed E-state index contributed by atoms with van der Waals surface area (Å²) in [6.45, 7) is 6.19. The number of aryl methyl sites for hydroxylation is 3. The Labute approximate surface area is 455 Å². The monoisotopic (exact) mass is 1320 g/mol. The molecule has 0 radical (unpaired) electrons. The van der Waals surface area contributed by atoms with Crippen molar-refractivity contribution in [2.24, 2.45) is 0 Å². The van der Waals surface area contributed by atoms with E-state index in [1.54, 1.807) is 34.0 Å². The molecule has 10 heteroatoms. The first-order valence-electron chi connectivity index (χ1n) is 22.3. The quantitative estimate of drug-likeness (QED) is 0.156. The Morgan fingerprint density at radius 1 is 0.357 bits per heavy atom. The van der Waals surface area contributed by atoms with Crippen LogP contribution in [0.5, 0.6) is 0 Å². The van der Waals surface area contributed by atoms with Crippen LogP contribution in [0.1, 0.15) is 15.0 Å². The van der Waals surface area contributed by atoms with E-state index in [4.69, 9.17) is 15.0 Å². The molecule has 0 fully saturated rings. The Balaban J connectivity index is 0.00000505. The number of hydrogen-bond acceptors (Lipinski definition) is 6. The van der Waals surface area contributed by atoms with E-state index in [-0.39, 0.29) is 20.1 Å². The van der Waals surface area contributed by atoms with Crippen LogP contribution in [0.2, 0.25) is 0 Å². The maximum absolute atomic E-state index is 4.90. The van der Waals surface area contributed by atoms with Gasteiger partial charge in [-0.05, 0) is 85.8 Å². The van der Waals surface area contributed by atoms with E-state index < -0.39 is 0 Å². The van der Waals surface area contributed by atoms with Gasteiger partial charge in [0.1, 0.15) is 0 Å². The molecule has 13 aromatic rings. The Bertz CT molecular complexity index is 3860. The van der Waals surface area contributed by atoms with Crippen molar-refractivity contribution in [3.05, 3.63) is 192 Å². The van der Waals surface area contributed by atoms with Gasteiger partial charge in [-0.2, -0.15) is 0 Å². The van der Waals surface area contributed by atoms with Crippen molar-refractivity contribution in [3.8, 4) is 66.8 Å². The third-order valence-electron chi connectivity index (χ3n) is 13.0. The number of aromatic nitrogens is 3. The van der Waals surface area contributed by atoms with E-state index >= 15 is 0 Å². The molecule has 0 aliphatic heterocycles. The fourth-order valence-corrected chi connectivity index (χ4v) is 14.4. The minimum Gasteiger partial charge on any atom is -0.290 e. The molecule has 0 aliphatic carbocycles. The van der Waals surface area contributed by atoms with Gasteiger partial charge in [0, 0.05) is 30.6 Å². The third-order valence-corrected chi connectivity index (χ3v) is 18.4. The second-order valence-electron chi connectivity index (χ2n) is 17.2. The summed E-state index contributed by atoms with van der Waals surface area (Å²) >= 11 is 17.5. The van der Waals surface area contributed by atoms with Crippen molar-refractivity contribution in [2.75, 3.05) is 0 Å². The number of thiazole rings is 3. The maximum Gasteiger partial charge on any atom is 3.00 e. The van der Waals surface area contributed by atoms with E-state index in [9.17, 15) is 0 Å². The molecule has 0 bridgehead atoms. The molecule has 0 spiro atoms. The Morgan fingerprint density at radius 3 is 0.914 bits per heavy atom. The van der Waals surface area contributed by atoms with Crippen molar-refractivity contribution in [3.63, 3.8) is 0 Å². The zero-order valence-corrected chi connectivity index (χ0v) is 47.0. The average Bonchev–Trinajstić information content (AvgIpc) is 4.08. The molecule has 10 aromatic carbocycles. The first kappa shape index (κ1) is 45.9. The number of benzene rings is 10. The number of fused-ring (bicyclic) bond motifs is 9. The summed E-state index contributed by atoms with van der Waals surface area (Å²) in [4.78, 5) is 14.7. The SMILES string of the molecule is Cc1nc2c(ccc3c(Br)c(-c4ccccc4-c4cc(-c5ccccc5-c5c[c-]c6c(ccc7sc(C)nc76)c5Br)cc(-c5ccccc5-c5c[c-]c6c(ccc7sc(C)nc76)c5Br)c4)c[c-]c32)s1.[Ir+3]. The van der Waals surface area contributed by atoms with Gasteiger partial charge >= 0.3 is 20.1 Å². The van der Waals surface area contributed by atoms with Crippen molar-refractivity contribution >= 4 is 145 Å². The molecule has 3 heterocycles. The van der Waals surface area contributed by atoms with Gasteiger partial charge in [0.05, 0.1) is 15.0 Å². The second kappa shape index (κ2) is 18.1. The minimum atomic E-state index is 0. The summed E-state index contributed by atoms with van der Waals surface area (Å²) in [6.07, 6.45) is 0. The standard InChI is InChI=1S/C60H33Br3N3S3.Ir/c1-31-64-58-49-19-16-43(55(61)46(49)22-25-52(58)67-31)40-13-7-4-10-37(40)34-28-35(38-11-5-8-14-41(38)44-17-20-50-47(56(44)62)23-26-53-59(50)65-32(2)68-53)30-36(29-34)39-12-6-9-15-42(39)45-18-21-51-48(57(45)63)24-27-54-60(51)66-33(3)69-54;/h4-18,22-30H,1-3H3;/q-3;+3. The van der Waals surface area contributed by atoms with E-state index in [0.29, 0.717) is 0 Å². The average molecular weight is 1320 g/mol. The van der Waals surface area contributed by atoms with Gasteiger partial charge in [-0.15, -0.1) is 86.6 Å². The van der Waals surface area contributed by atoms with Crippen molar-refractivity contribution in [1.82, 2.24) is 15.0 Å². The van der Waals surface area contributed by atoms with Crippen LogP contribution < -0.4 is 0 Å². The van der Waals surface area contributed by atoms with E-state index in [2.05, 4.69) is 232 Å². The van der Waals surface area contributed by atoms with Crippen LogP contribution in [0, 0.1) is 39.0 Å². The molecule has 0 unspecified atom stereocenters. The Kier molecular flexibility index (Phi) is 11.9. The van der Waals surface area contributed by atoms with Crippen LogP contribution >= 0.6 is 81.8 Å². The van der Waals surface area contributed by atoms with Crippen molar-refractivity contribution in [1.29, 1.82) is 0 Å². The van der Waals surface area contributed by atoms with Crippen molar-refractivity contribution in [2.45, 2.75) is 20.8 Å². The van der Waals surface area contributed by atoms with Gasteiger partial charge in [0.15, 0.2) is 0 Å². The van der Waals surface area contributed by atoms with Crippen LogP contribution in [0.4, 0.5) is 0 Å². The summed E-state index contributed by atoms with van der Waals surface area (Å²) in [5.41, 5.74) is 16.1. The van der Waals surface area contributed by atoms with E-state index in [1.165, 1.54) is 14.1 Å². The maximum atomic E-state index is 4.90. The molecule has 0 N–H and O–H groups in total. The molecule has 70 heavy (non-hydrogen) atoms. The summed E-state index contributed by atoms with van der Waals surface area (Å²) in [5, 5.41) is 9.47. The van der Waals surface area contributed by atoms with Gasteiger partial charge in [-0.25, -0.2) is 0 Å². The van der Waals surface area contributed by atoms with Crippen molar-refractivity contribution < 1.29 is 20.1 Å². The Hall–Kier alpha value is -5.26. The smallest absolute Gasteiger partial charge is 0.290 e. The first-order chi connectivity index (χ1) is 33.7. The van der Waals surface area contributed by atoms with Crippen LogP contribution in [-0.2, 0) is 20.1 Å². The topological polar surface area (TPSA) is 38.7 Å². The molecular weight excluding hydrogens is 1290 g/mol. The number of rotatable bonds is 6. The van der Waals surface area contributed by atoms with Gasteiger partial charge < -0.3 is 0 Å². The molecule has 13 rings (SSSR count). The zero-order chi connectivity index (χ0) is 46.7. The fourth-order valence-electron chi connectivity index (χ4n) is 9.95. The third kappa shape index (κ3) is 7.57. The number of halogens is 3. The molecule has 3 aromatic heterocycles. The molecule has 0 saturated heterocycles. The largest absolute Gasteiger partial charge is 3.00 e. The summed E-state index contributed by atoms with van der Waals surface area (Å²) in [6, 6.07) is 63.7. The van der Waals surface area contributed by atoms with Crippen LogP contribution in [0.3, 0.4) is 0 Å². The molecule has 3 nitrogen and oxygen atoms in total. The van der Waals surface area contributed by atoms with Gasteiger partial charge in [0.2, 0.25) is 0 Å². The molecule has 0 aliphatic rings. The first-order valence-corrected chi connectivity index (χ1v) is 27.1. The molecular formula is C60H33Br3IrN3S3. The van der Waals surface area contributed by atoms with Crippen LogP contribution in [0.25, 0.3) is 130 Å². The number of nitrogens with zero attached hydrogens (tertiary/aromatic N) is 3. The molecule has 0 amide bonds. The molecule has 336 valence electrons. The van der Waals surface area contributed by atoms with Gasteiger partial charge in [0.25, 0.3) is 0 Å². The predicted molar refractivity (Wildman–Crippen MR) is 305 cm³/mol. The zero-order valence-electron chi connectivity index (χ0n) is 37.4. The second-order valence-corrected chi connectivity index (χ2v) is 23.3. The van der Waals surface area contributed by atoms with Crippen LogP contribution in [0.15, 0.2) is 159 Å². The normalized spacial score (nSPS) is 11.7. The summed E-state index contributed by atoms with van der Waals surface area (Å²) < 4.78 is 6.57. The number of hydrogen-bond donors (Lipinski definition) is 0. The van der Waals surface area contributed by atoms with Gasteiger partial charge in [-0.3, -0.25) is 15.0 Å². The van der Waals surface area contributed by atoms with E-state index in [0.717, 1.165) is 144 Å². The summed E-state index contributed by atoms with van der Waals surface area (Å²) in [5.74, 6) is 0. The minimum absolute atomic E-state index is 0. The molecule has 0 atom stereocenters. The van der Waals surface area contributed by atoms with Gasteiger partial charge in [-0.1, -0.05) is 207 Å². The summed E-state index contributed by atoms with van der Waals surface area (Å²) in [7, 11) is 0. The Morgan fingerprint density at radius 2 is 0.629 bits per heavy atom. The van der Waals surface area contributed by atoms with Crippen LogP contribution in [-0.4, -0.2) is 15.0 Å². The molecule has 0 saturated carbocycles. The predicted octanol–water partition coefficient (Wildman–Crippen LogP) is 19.6. The van der Waals surface area contributed by atoms with E-state index in [1.807, 2.05) is 0 Å².